The first-order chi connectivity index (χ1) is 9.36. The fourth-order valence-electron chi connectivity index (χ4n) is 2.34. The van der Waals surface area contributed by atoms with Crippen LogP contribution in [-0.4, -0.2) is 36.3 Å². The second-order valence-corrected chi connectivity index (χ2v) is 4.68. The number of aromatic nitrogens is 2. The summed E-state index contributed by atoms with van der Waals surface area (Å²) in [5.74, 6) is 1.50. The van der Waals surface area contributed by atoms with Crippen LogP contribution >= 0.6 is 0 Å². The van der Waals surface area contributed by atoms with Crippen LogP contribution in [0.5, 0.6) is 0 Å². The predicted molar refractivity (Wildman–Crippen MR) is 76.5 cm³/mol. The topological polar surface area (TPSA) is 59.1 Å². The second-order valence-electron chi connectivity index (χ2n) is 4.68. The van der Waals surface area contributed by atoms with Crippen molar-refractivity contribution in [1.29, 1.82) is 0 Å². The molecular formula is C14H18N4O. The molecule has 19 heavy (non-hydrogen) atoms. The predicted octanol–water partition coefficient (Wildman–Crippen LogP) is 2.26. The van der Waals surface area contributed by atoms with Crippen LogP contribution in [0.4, 0.5) is 11.8 Å². The van der Waals surface area contributed by atoms with Crippen molar-refractivity contribution < 1.29 is 4.74 Å². The van der Waals surface area contributed by atoms with Crippen LogP contribution in [0.15, 0.2) is 24.3 Å². The molecular weight excluding hydrogens is 240 g/mol. The quantitative estimate of drug-likeness (QED) is 0.881. The molecule has 1 aromatic carbocycles. The van der Waals surface area contributed by atoms with Crippen molar-refractivity contribution in [2.45, 2.75) is 18.9 Å². The maximum absolute atomic E-state index is 5.62. The lowest BCUT2D eigenvalue weighted by Gasteiger charge is -2.13. The van der Waals surface area contributed by atoms with Gasteiger partial charge in [0.15, 0.2) is 0 Å². The highest BCUT2D eigenvalue weighted by molar-refractivity contribution is 5.89. The van der Waals surface area contributed by atoms with E-state index in [-0.39, 0.29) is 0 Å². The van der Waals surface area contributed by atoms with Crippen molar-refractivity contribution >= 4 is 22.7 Å². The lowest BCUT2D eigenvalue weighted by atomic mass is 10.2. The number of rotatable bonds is 4. The van der Waals surface area contributed by atoms with Gasteiger partial charge in [-0.05, 0) is 25.0 Å². The Labute approximate surface area is 112 Å². The average molecular weight is 258 g/mol. The van der Waals surface area contributed by atoms with Crippen molar-refractivity contribution in [3.05, 3.63) is 24.3 Å². The number of hydrogen-bond acceptors (Lipinski definition) is 5. The summed E-state index contributed by atoms with van der Waals surface area (Å²) in [6.45, 7) is 1.67. The van der Waals surface area contributed by atoms with Crippen molar-refractivity contribution in [1.82, 2.24) is 9.97 Å². The lowest BCUT2D eigenvalue weighted by Crippen LogP contribution is -2.19. The number of nitrogens with one attached hydrogen (secondary N) is 2. The minimum atomic E-state index is 0.298. The van der Waals surface area contributed by atoms with E-state index in [4.69, 9.17) is 4.74 Å². The zero-order valence-electron chi connectivity index (χ0n) is 11.0. The van der Waals surface area contributed by atoms with Gasteiger partial charge in [-0.25, -0.2) is 4.98 Å². The number of anilines is 2. The van der Waals surface area contributed by atoms with Gasteiger partial charge in [0, 0.05) is 25.6 Å². The highest BCUT2D eigenvalue weighted by atomic mass is 16.5. The van der Waals surface area contributed by atoms with Gasteiger partial charge in [-0.15, -0.1) is 0 Å². The fourth-order valence-corrected chi connectivity index (χ4v) is 2.34. The molecule has 0 radical (unpaired) electrons. The van der Waals surface area contributed by atoms with E-state index in [2.05, 4.69) is 20.6 Å². The number of nitrogens with zero attached hydrogens (tertiary/aromatic N) is 2. The van der Waals surface area contributed by atoms with Gasteiger partial charge in [-0.3, -0.25) is 0 Å². The number of para-hydroxylation sites is 1. The van der Waals surface area contributed by atoms with Crippen molar-refractivity contribution in [3.63, 3.8) is 0 Å². The molecule has 1 aliphatic rings. The van der Waals surface area contributed by atoms with E-state index in [0.29, 0.717) is 12.1 Å². The summed E-state index contributed by atoms with van der Waals surface area (Å²) >= 11 is 0. The zero-order chi connectivity index (χ0) is 13.1. The van der Waals surface area contributed by atoms with Gasteiger partial charge in [0.05, 0.1) is 11.6 Å². The molecule has 0 aliphatic carbocycles. The van der Waals surface area contributed by atoms with E-state index in [1.54, 1.807) is 0 Å². The Morgan fingerprint density at radius 3 is 3.00 bits per heavy atom. The smallest absolute Gasteiger partial charge is 0.224 e. The van der Waals surface area contributed by atoms with E-state index in [0.717, 1.165) is 42.7 Å². The van der Waals surface area contributed by atoms with Crippen LogP contribution in [0.2, 0.25) is 0 Å². The number of benzene rings is 1. The van der Waals surface area contributed by atoms with E-state index in [9.17, 15) is 0 Å². The van der Waals surface area contributed by atoms with Crippen molar-refractivity contribution in [2.75, 3.05) is 30.8 Å². The Morgan fingerprint density at radius 1 is 1.32 bits per heavy atom. The third kappa shape index (κ3) is 2.61. The van der Waals surface area contributed by atoms with Gasteiger partial charge in [0.1, 0.15) is 5.82 Å². The van der Waals surface area contributed by atoms with Gasteiger partial charge < -0.3 is 15.4 Å². The highest BCUT2D eigenvalue weighted by Gasteiger charge is 2.16. The summed E-state index contributed by atoms with van der Waals surface area (Å²) in [7, 11) is 1.83. The number of fused-ring (bicyclic) bond motifs is 1. The molecule has 1 saturated heterocycles. The molecule has 2 heterocycles. The van der Waals surface area contributed by atoms with E-state index >= 15 is 0 Å². The normalized spacial score (nSPS) is 18.7. The first kappa shape index (κ1) is 12.2. The van der Waals surface area contributed by atoms with Gasteiger partial charge in [0.25, 0.3) is 0 Å². The molecule has 0 spiro atoms. The van der Waals surface area contributed by atoms with Gasteiger partial charge in [-0.2, -0.15) is 4.98 Å². The zero-order valence-corrected chi connectivity index (χ0v) is 11.0. The van der Waals surface area contributed by atoms with Crippen molar-refractivity contribution in [2.24, 2.45) is 0 Å². The van der Waals surface area contributed by atoms with Crippen LogP contribution in [0.25, 0.3) is 10.9 Å². The molecule has 2 N–H and O–H groups in total. The Hall–Kier alpha value is -1.88. The molecule has 1 unspecified atom stereocenters. The third-order valence-electron chi connectivity index (χ3n) is 3.35. The second kappa shape index (κ2) is 5.40. The molecule has 1 fully saturated rings. The summed E-state index contributed by atoms with van der Waals surface area (Å²) in [5.41, 5.74) is 0.941. The first-order valence-electron chi connectivity index (χ1n) is 6.67. The third-order valence-corrected chi connectivity index (χ3v) is 3.35. The summed E-state index contributed by atoms with van der Waals surface area (Å²) in [6, 6.07) is 8.02. The van der Waals surface area contributed by atoms with Crippen LogP contribution in [0.3, 0.4) is 0 Å². The average Bonchev–Trinajstić information content (AvgIpc) is 2.97. The molecule has 1 aromatic heterocycles. The van der Waals surface area contributed by atoms with E-state index in [1.807, 2.05) is 31.3 Å². The Balaban J connectivity index is 1.87. The maximum atomic E-state index is 5.62. The number of hydrogen-bond donors (Lipinski definition) is 2. The summed E-state index contributed by atoms with van der Waals surface area (Å²) in [6.07, 6.45) is 2.57. The first-order valence-corrected chi connectivity index (χ1v) is 6.67. The molecule has 100 valence electrons. The molecule has 0 saturated carbocycles. The standard InChI is InChI=1S/C14H18N4O/c1-15-14-17-12-7-3-2-6-11(12)13(18-14)16-9-10-5-4-8-19-10/h2-3,6-7,10H,4-5,8-9H2,1H3,(H2,15,16,17,18). The molecule has 2 aromatic rings. The van der Waals surface area contributed by atoms with Crippen molar-refractivity contribution in [3.8, 4) is 0 Å². The largest absolute Gasteiger partial charge is 0.376 e. The minimum absolute atomic E-state index is 0.298. The summed E-state index contributed by atoms with van der Waals surface area (Å²) in [5, 5.41) is 7.42. The molecule has 5 heteroatoms. The van der Waals surface area contributed by atoms with E-state index < -0.39 is 0 Å². The number of ether oxygens (including phenoxy) is 1. The summed E-state index contributed by atoms with van der Waals surface area (Å²) < 4.78 is 5.62. The highest BCUT2D eigenvalue weighted by Crippen LogP contribution is 2.22. The van der Waals surface area contributed by atoms with Crippen LogP contribution in [0, 0.1) is 0 Å². The van der Waals surface area contributed by atoms with E-state index in [1.165, 1.54) is 0 Å². The molecule has 1 aliphatic heterocycles. The van der Waals surface area contributed by atoms with Gasteiger partial charge in [-0.1, -0.05) is 12.1 Å². The SMILES string of the molecule is CNc1nc(NCC2CCCO2)c2ccccc2n1. The molecule has 0 amide bonds. The Bertz CT molecular complexity index is 566. The van der Waals surface area contributed by atoms with Gasteiger partial charge >= 0.3 is 0 Å². The molecule has 3 rings (SSSR count). The molecule has 5 nitrogen and oxygen atoms in total. The monoisotopic (exact) mass is 258 g/mol. The van der Waals surface area contributed by atoms with Crippen LogP contribution in [0.1, 0.15) is 12.8 Å². The molecule has 0 bridgehead atoms. The Morgan fingerprint density at radius 2 is 2.21 bits per heavy atom. The van der Waals surface area contributed by atoms with Crippen LogP contribution < -0.4 is 10.6 Å². The summed E-state index contributed by atoms with van der Waals surface area (Å²) in [4.78, 5) is 8.93. The minimum Gasteiger partial charge on any atom is -0.376 e. The Kier molecular flexibility index (Phi) is 3.46. The fraction of sp³-hybridized carbons (Fsp3) is 0.429. The molecule has 1 atom stereocenters. The van der Waals surface area contributed by atoms with Gasteiger partial charge in [0.2, 0.25) is 5.95 Å². The van der Waals surface area contributed by atoms with Crippen LogP contribution in [-0.2, 0) is 4.74 Å². The lowest BCUT2D eigenvalue weighted by molar-refractivity contribution is 0.120. The maximum Gasteiger partial charge on any atom is 0.224 e.